The largest absolute Gasteiger partial charge is 0.264 e. The predicted molar refractivity (Wildman–Crippen MR) is 168 cm³/mol. The Balaban J connectivity index is 1.38. The Morgan fingerprint density at radius 1 is 0.286 bits per heavy atom. The smallest absolute Gasteiger partial charge is 0.164 e. The summed E-state index contributed by atoms with van der Waals surface area (Å²) in [5.41, 5.74) is 9.15. The molecule has 0 bridgehead atoms. The van der Waals surface area contributed by atoms with Gasteiger partial charge in [-0.2, -0.15) is 0 Å². The highest BCUT2D eigenvalue weighted by Gasteiger charge is 2.14. The molecule has 7 aromatic rings. The summed E-state index contributed by atoms with van der Waals surface area (Å²) in [6.07, 6.45) is 7.28. The first kappa shape index (κ1) is 25.2. The van der Waals surface area contributed by atoms with Crippen LogP contribution < -0.4 is 0 Å². The Morgan fingerprint density at radius 3 is 1.05 bits per heavy atom. The van der Waals surface area contributed by atoms with Crippen molar-refractivity contribution >= 4 is 0 Å². The summed E-state index contributed by atoms with van der Waals surface area (Å²) < 4.78 is 0. The average Bonchev–Trinajstić information content (AvgIpc) is 3.09. The van der Waals surface area contributed by atoms with Crippen molar-refractivity contribution in [3.05, 3.63) is 152 Å². The summed E-state index contributed by atoms with van der Waals surface area (Å²) in [5, 5.41) is 0. The maximum absolute atomic E-state index is 5.00. The number of rotatable bonds is 6. The van der Waals surface area contributed by atoms with Gasteiger partial charge in [0.15, 0.2) is 17.5 Å². The van der Waals surface area contributed by atoms with Gasteiger partial charge in [0, 0.05) is 52.6 Å². The lowest BCUT2D eigenvalue weighted by Crippen LogP contribution is -2.00. The van der Waals surface area contributed by atoms with E-state index in [9.17, 15) is 0 Å². The number of nitrogens with zero attached hydrogens (tertiary/aromatic N) is 5. The number of pyridine rings is 2. The van der Waals surface area contributed by atoms with E-state index in [2.05, 4.69) is 70.6 Å². The van der Waals surface area contributed by atoms with Crippen molar-refractivity contribution < 1.29 is 0 Å². The third-order valence-electron chi connectivity index (χ3n) is 7.09. The maximum atomic E-state index is 5.00. The summed E-state index contributed by atoms with van der Waals surface area (Å²) in [5.74, 6) is 1.83. The van der Waals surface area contributed by atoms with E-state index >= 15 is 0 Å². The summed E-state index contributed by atoms with van der Waals surface area (Å²) in [6.45, 7) is 0. The SMILES string of the molecule is c1ccc(-c2cccc(-c3nc(-c4cccc(-c5cccnc5)c4)nc(-c4cccc(-c5cccnc5)c4)n3)c2)cc1. The highest BCUT2D eigenvalue weighted by molar-refractivity contribution is 5.75. The van der Waals surface area contributed by atoms with Crippen LogP contribution in [0.3, 0.4) is 0 Å². The zero-order valence-corrected chi connectivity index (χ0v) is 22.7. The number of hydrogen-bond acceptors (Lipinski definition) is 5. The molecule has 0 amide bonds. The molecule has 0 saturated heterocycles. The van der Waals surface area contributed by atoms with Crippen LogP contribution in [-0.2, 0) is 0 Å². The molecule has 0 fully saturated rings. The molecule has 0 spiro atoms. The highest BCUT2D eigenvalue weighted by atomic mass is 15.0. The fourth-order valence-corrected chi connectivity index (χ4v) is 4.97. The van der Waals surface area contributed by atoms with Gasteiger partial charge in [-0.25, -0.2) is 15.0 Å². The molecule has 0 aliphatic carbocycles. The van der Waals surface area contributed by atoms with Crippen LogP contribution in [0.25, 0.3) is 67.5 Å². The lowest BCUT2D eigenvalue weighted by molar-refractivity contribution is 1.07. The summed E-state index contributed by atoms with van der Waals surface area (Å²) in [4.78, 5) is 23.6. The zero-order valence-electron chi connectivity index (χ0n) is 22.7. The molecular weight excluding hydrogens is 514 g/mol. The van der Waals surface area contributed by atoms with Gasteiger partial charge >= 0.3 is 0 Å². The summed E-state index contributed by atoms with van der Waals surface area (Å²) in [7, 11) is 0. The molecule has 3 heterocycles. The number of hydrogen-bond donors (Lipinski definition) is 0. The van der Waals surface area contributed by atoms with Gasteiger partial charge in [0.2, 0.25) is 0 Å². The topological polar surface area (TPSA) is 64.5 Å². The molecule has 0 atom stereocenters. The molecule has 7 rings (SSSR count). The Morgan fingerprint density at radius 2 is 0.643 bits per heavy atom. The minimum Gasteiger partial charge on any atom is -0.264 e. The second-order valence-electron chi connectivity index (χ2n) is 9.90. The van der Waals surface area contributed by atoms with Crippen LogP contribution in [0.1, 0.15) is 0 Å². The van der Waals surface area contributed by atoms with Crippen LogP contribution >= 0.6 is 0 Å². The Hall–Kier alpha value is -5.81. The van der Waals surface area contributed by atoms with Gasteiger partial charge in [0.25, 0.3) is 0 Å². The lowest BCUT2D eigenvalue weighted by atomic mass is 10.0. The van der Waals surface area contributed by atoms with E-state index in [-0.39, 0.29) is 0 Å². The minimum absolute atomic E-state index is 0.609. The highest BCUT2D eigenvalue weighted by Crippen LogP contribution is 2.31. The van der Waals surface area contributed by atoms with E-state index in [4.69, 9.17) is 15.0 Å². The van der Waals surface area contributed by atoms with E-state index in [0.29, 0.717) is 17.5 Å². The van der Waals surface area contributed by atoms with Gasteiger partial charge in [-0.15, -0.1) is 0 Å². The van der Waals surface area contributed by atoms with Crippen molar-refractivity contribution in [3.63, 3.8) is 0 Å². The quantitative estimate of drug-likeness (QED) is 0.212. The molecule has 42 heavy (non-hydrogen) atoms. The van der Waals surface area contributed by atoms with Gasteiger partial charge < -0.3 is 0 Å². The van der Waals surface area contributed by atoms with Crippen molar-refractivity contribution in [1.82, 2.24) is 24.9 Å². The molecule has 0 saturated carbocycles. The monoisotopic (exact) mass is 539 g/mol. The maximum Gasteiger partial charge on any atom is 0.164 e. The molecular formula is C37H25N5. The van der Waals surface area contributed by atoms with Crippen molar-refractivity contribution in [2.24, 2.45) is 0 Å². The molecule has 5 nitrogen and oxygen atoms in total. The van der Waals surface area contributed by atoms with E-state index in [1.54, 1.807) is 12.4 Å². The molecule has 5 heteroatoms. The minimum atomic E-state index is 0.609. The Labute approximate surface area is 244 Å². The van der Waals surface area contributed by atoms with Crippen LogP contribution in [0.15, 0.2) is 152 Å². The van der Waals surface area contributed by atoms with Crippen molar-refractivity contribution in [2.75, 3.05) is 0 Å². The fraction of sp³-hybridized carbons (Fsp3) is 0. The molecule has 198 valence electrons. The van der Waals surface area contributed by atoms with E-state index in [1.807, 2.05) is 79.1 Å². The lowest BCUT2D eigenvalue weighted by Gasteiger charge is -2.11. The molecule has 0 radical (unpaired) electrons. The number of aromatic nitrogens is 5. The van der Waals surface area contributed by atoms with Crippen LogP contribution in [0, 0.1) is 0 Å². The first-order chi connectivity index (χ1) is 20.8. The van der Waals surface area contributed by atoms with Gasteiger partial charge in [0.1, 0.15) is 0 Å². The molecule has 0 N–H and O–H groups in total. The zero-order chi connectivity index (χ0) is 28.1. The standard InChI is InChI=1S/C37H25N5/c1-2-9-26(10-3-1)27-11-4-14-30(21-27)35-40-36(31-15-5-12-28(22-31)33-17-7-19-38-24-33)42-37(41-35)32-16-6-13-29(23-32)34-18-8-20-39-25-34/h1-25H. The van der Waals surface area contributed by atoms with Gasteiger partial charge in [-0.05, 0) is 52.6 Å². The summed E-state index contributed by atoms with van der Waals surface area (Å²) >= 11 is 0. The Kier molecular flexibility index (Phi) is 6.81. The second kappa shape index (κ2) is 11.4. The van der Waals surface area contributed by atoms with E-state index in [1.165, 1.54) is 0 Å². The molecule has 0 aliphatic heterocycles. The van der Waals surface area contributed by atoms with Crippen molar-refractivity contribution in [3.8, 4) is 67.5 Å². The third kappa shape index (κ3) is 5.31. The molecule has 3 aromatic heterocycles. The Bertz CT molecular complexity index is 1730. The number of benzene rings is 4. The van der Waals surface area contributed by atoms with Crippen molar-refractivity contribution in [1.29, 1.82) is 0 Å². The first-order valence-electron chi connectivity index (χ1n) is 13.7. The molecule has 0 unspecified atom stereocenters. The third-order valence-corrected chi connectivity index (χ3v) is 7.09. The van der Waals surface area contributed by atoms with Gasteiger partial charge in [0.05, 0.1) is 0 Å². The second-order valence-corrected chi connectivity index (χ2v) is 9.90. The summed E-state index contributed by atoms with van der Waals surface area (Å²) in [6, 6.07) is 43.1. The normalized spacial score (nSPS) is 10.9. The average molecular weight is 540 g/mol. The van der Waals surface area contributed by atoms with Crippen LogP contribution in [0.4, 0.5) is 0 Å². The van der Waals surface area contributed by atoms with Crippen LogP contribution in [0.2, 0.25) is 0 Å². The van der Waals surface area contributed by atoms with E-state index < -0.39 is 0 Å². The van der Waals surface area contributed by atoms with Crippen LogP contribution in [-0.4, -0.2) is 24.9 Å². The molecule has 4 aromatic carbocycles. The van der Waals surface area contributed by atoms with Crippen LogP contribution in [0.5, 0.6) is 0 Å². The first-order valence-corrected chi connectivity index (χ1v) is 13.7. The van der Waals surface area contributed by atoms with E-state index in [0.717, 1.165) is 50.1 Å². The predicted octanol–water partition coefficient (Wildman–Crippen LogP) is 8.66. The van der Waals surface area contributed by atoms with Gasteiger partial charge in [-0.1, -0.05) is 97.1 Å². The van der Waals surface area contributed by atoms with Crippen molar-refractivity contribution in [2.45, 2.75) is 0 Å². The molecule has 0 aliphatic rings. The van der Waals surface area contributed by atoms with Gasteiger partial charge in [-0.3, -0.25) is 9.97 Å². The fourth-order valence-electron chi connectivity index (χ4n) is 4.97.